The van der Waals surface area contributed by atoms with Gasteiger partial charge < -0.3 is 10.3 Å². The number of carbonyl (C=O) groups excluding carboxylic acids is 1. The van der Waals surface area contributed by atoms with Gasteiger partial charge in [-0.3, -0.25) is 19.6 Å². The fourth-order valence-corrected chi connectivity index (χ4v) is 3.53. The Balaban J connectivity index is 1.62. The molecule has 27 heavy (non-hydrogen) atoms. The van der Waals surface area contributed by atoms with Gasteiger partial charge in [0.05, 0.1) is 12.2 Å². The second-order valence-electron chi connectivity index (χ2n) is 6.57. The topological polar surface area (TPSA) is 93.9 Å². The van der Waals surface area contributed by atoms with Crippen LogP contribution in [-0.4, -0.2) is 33.0 Å². The van der Waals surface area contributed by atoms with Gasteiger partial charge in [-0.2, -0.15) is 5.10 Å². The van der Waals surface area contributed by atoms with Crippen LogP contribution >= 0.6 is 11.3 Å². The van der Waals surface area contributed by atoms with E-state index in [-0.39, 0.29) is 17.0 Å². The molecule has 3 aromatic heterocycles. The number of amides is 1. The van der Waals surface area contributed by atoms with E-state index in [1.165, 1.54) is 0 Å². The van der Waals surface area contributed by atoms with Gasteiger partial charge in [-0.1, -0.05) is 6.07 Å². The highest BCUT2D eigenvalue weighted by molar-refractivity contribution is 7.09. The summed E-state index contributed by atoms with van der Waals surface area (Å²) in [5.41, 5.74) is 3.69. The summed E-state index contributed by atoms with van der Waals surface area (Å²) in [6.07, 6.45) is 0. The molecule has 0 spiro atoms. The molecule has 0 atom stereocenters. The van der Waals surface area contributed by atoms with E-state index in [2.05, 4.69) is 25.4 Å². The summed E-state index contributed by atoms with van der Waals surface area (Å²) in [6, 6.07) is 7.24. The lowest BCUT2D eigenvalue weighted by atomic mass is 10.2. The van der Waals surface area contributed by atoms with Gasteiger partial charge >= 0.3 is 0 Å². The first-order valence-corrected chi connectivity index (χ1v) is 9.53. The number of nitrogens with one attached hydrogen (secondary N) is 3. The highest BCUT2D eigenvalue weighted by Crippen LogP contribution is 2.13. The van der Waals surface area contributed by atoms with Gasteiger partial charge in [0.2, 0.25) is 0 Å². The quantitative estimate of drug-likeness (QED) is 0.582. The van der Waals surface area contributed by atoms with Crippen LogP contribution in [0.25, 0.3) is 0 Å². The first-order chi connectivity index (χ1) is 12.9. The van der Waals surface area contributed by atoms with E-state index in [0.29, 0.717) is 13.1 Å². The van der Waals surface area contributed by atoms with Crippen molar-refractivity contribution in [1.82, 2.24) is 25.4 Å². The molecule has 3 N–H and O–H groups in total. The predicted molar refractivity (Wildman–Crippen MR) is 106 cm³/mol. The van der Waals surface area contributed by atoms with Crippen LogP contribution in [0.1, 0.15) is 37.9 Å². The van der Waals surface area contributed by atoms with E-state index in [1.807, 2.05) is 38.4 Å². The molecule has 0 saturated carbocycles. The summed E-state index contributed by atoms with van der Waals surface area (Å²) in [5.74, 6) is -0.366. The molecule has 0 saturated heterocycles. The molecule has 0 aliphatic rings. The van der Waals surface area contributed by atoms with Gasteiger partial charge in [-0.15, -0.1) is 11.3 Å². The molecule has 0 fully saturated rings. The van der Waals surface area contributed by atoms with Crippen LogP contribution in [-0.2, 0) is 19.6 Å². The number of rotatable bonds is 7. The fraction of sp³-hybridized carbons (Fsp3) is 0.316. The van der Waals surface area contributed by atoms with Crippen molar-refractivity contribution in [3.05, 3.63) is 73.1 Å². The van der Waals surface area contributed by atoms with Crippen molar-refractivity contribution in [1.29, 1.82) is 0 Å². The Labute approximate surface area is 161 Å². The van der Waals surface area contributed by atoms with Crippen LogP contribution in [0, 0.1) is 13.8 Å². The van der Waals surface area contributed by atoms with E-state index < -0.39 is 0 Å². The predicted octanol–water partition coefficient (Wildman–Crippen LogP) is 2.34. The van der Waals surface area contributed by atoms with Crippen molar-refractivity contribution in [3.63, 3.8) is 0 Å². The van der Waals surface area contributed by atoms with Gasteiger partial charge in [0.1, 0.15) is 5.56 Å². The number of aromatic nitrogens is 3. The Morgan fingerprint density at radius 3 is 2.70 bits per heavy atom. The summed E-state index contributed by atoms with van der Waals surface area (Å²) in [4.78, 5) is 30.5. The minimum absolute atomic E-state index is 0.125. The zero-order chi connectivity index (χ0) is 19.4. The first kappa shape index (κ1) is 19.1. The number of aryl methyl sites for hydroxylation is 2. The van der Waals surface area contributed by atoms with Crippen LogP contribution in [0.2, 0.25) is 0 Å². The fourth-order valence-electron chi connectivity index (χ4n) is 2.88. The van der Waals surface area contributed by atoms with E-state index in [9.17, 15) is 9.59 Å². The van der Waals surface area contributed by atoms with Gasteiger partial charge in [0.25, 0.3) is 11.5 Å². The number of carbonyl (C=O) groups is 1. The Morgan fingerprint density at radius 2 is 2.07 bits per heavy atom. The molecule has 142 valence electrons. The monoisotopic (exact) mass is 385 g/mol. The second kappa shape index (κ2) is 8.32. The first-order valence-electron chi connectivity index (χ1n) is 8.66. The normalized spacial score (nSPS) is 11.1. The summed E-state index contributed by atoms with van der Waals surface area (Å²) in [6.45, 7) is 5.67. The van der Waals surface area contributed by atoms with Gasteiger partial charge in [0.15, 0.2) is 0 Å². The highest BCUT2D eigenvalue weighted by atomic mass is 32.1. The lowest BCUT2D eigenvalue weighted by Crippen LogP contribution is -2.30. The molecule has 1 amide bonds. The molecule has 0 aromatic carbocycles. The van der Waals surface area contributed by atoms with Crippen LogP contribution < -0.4 is 10.9 Å². The minimum Gasteiger partial charge on any atom is -0.347 e. The van der Waals surface area contributed by atoms with Gasteiger partial charge in [-0.05, 0) is 44.5 Å². The SMILES string of the molecule is Cc1n[nH]c(C)c1CN(C)Cc1ccc(C(=O)NCc2cccs2)c(=O)[nH]1. The minimum atomic E-state index is -0.375. The summed E-state index contributed by atoms with van der Waals surface area (Å²) < 4.78 is 0. The third-order valence-electron chi connectivity index (χ3n) is 4.37. The molecular weight excluding hydrogens is 362 g/mol. The Kier molecular flexibility index (Phi) is 5.88. The van der Waals surface area contributed by atoms with Crippen LogP contribution in [0.15, 0.2) is 34.4 Å². The zero-order valence-corrected chi connectivity index (χ0v) is 16.4. The van der Waals surface area contributed by atoms with E-state index in [4.69, 9.17) is 0 Å². The Bertz CT molecular complexity index is 955. The van der Waals surface area contributed by atoms with Crippen LogP contribution in [0.3, 0.4) is 0 Å². The van der Waals surface area contributed by atoms with Gasteiger partial charge in [-0.25, -0.2) is 0 Å². The van der Waals surface area contributed by atoms with E-state index in [0.717, 1.165) is 34.1 Å². The highest BCUT2D eigenvalue weighted by Gasteiger charge is 2.13. The number of hydrogen-bond acceptors (Lipinski definition) is 5. The number of pyridine rings is 1. The zero-order valence-electron chi connectivity index (χ0n) is 15.6. The summed E-state index contributed by atoms with van der Waals surface area (Å²) >= 11 is 1.56. The Morgan fingerprint density at radius 1 is 1.26 bits per heavy atom. The molecule has 0 bridgehead atoms. The average Bonchev–Trinajstić information content (AvgIpc) is 3.25. The molecule has 8 heteroatoms. The Hall–Kier alpha value is -2.71. The summed E-state index contributed by atoms with van der Waals surface area (Å²) in [5, 5.41) is 11.9. The molecule has 0 radical (unpaired) electrons. The number of thiophene rings is 1. The van der Waals surface area contributed by atoms with E-state index in [1.54, 1.807) is 23.5 Å². The average molecular weight is 385 g/mol. The molecule has 0 unspecified atom stereocenters. The molecule has 0 aliphatic heterocycles. The maximum Gasteiger partial charge on any atom is 0.261 e. The van der Waals surface area contributed by atoms with Crippen LogP contribution in [0.4, 0.5) is 0 Å². The second-order valence-corrected chi connectivity index (χ2v) is 7.61. The van der Waals surface area contributed by atoms with Crippen molar-refractivity contribution in [2.45, 2.75) is 33.5 Å². The van der Waals surface area contributed by atoms with Crippen molar-refractivity contribution < 1.29 is 4.79 Å². The molecule has 3 aromatic rings. The summed E-state index contributed by atoms with van der Waals surface area (Å²) in [7, 11) is 1.98. The number of hydrogen-bond donors (Lipinski definition) is 3. The third kappa shape index (κ3) is 4.72. The van der Waals surface area contributed by atoms with Crippen molar-refractivity contribution in [2.75, 3.05) is 7.05 Å². The molecule has 0 aliphatic carbocycles. The smallest absolute Gasteiger partial charge is 0.261 e. The third-order valence-corrected chi connectivity index (χ3v) is 5.24. The molecule has 3 heterocycles. The number of nitrogens with zero attached hydrogens (tertiary/aromatic N) is 2. The number of H-pyrrole nitrogens is 2. The van der Waals surface area contributed by atoms with Crippen molar-refractivity contribution in [3.8, 4) is 0 Å². The number of aromatic amines is 2. The lowest BCUT2D eigenvalue weighted by molar-refractivity contribution is 0.0949. The van der Waals surface area contributed by atoms with Crippen molar-refractivity contribution >= 4 is 17.2 Å². The molecule has 7 nitrogen and oxygen atoms in total. The van der Waals surface area contributed by atoms with Crippen LogP contribution in [0.5, 0.6) is 0 Å². The molecular formula is C19H23N5O2S. The van der Waals surface area contributed by atoms with Gasteiger partial charge in [0, 0.05) is 34.9 Å². The largest absolute Gasteiger partial charge is 0.347 e. The maximum absolute atomic E-state index is 12.3. The van der Waals surface area contributed by atoms with Crippen molar-refractivity contribution in [2.24, 2.45) is 0 Å². The molecule has 3 rings (SSSR count). The van der Waals surface area contributed by atoms with E-state index >= 15 is 0 Å². The maximum atomic E-state index is 12.3. The lowest BCUT2D eigenvalue weighted by Gasteiger charge is -2.17. The standard InChI is InChI=1S/C19H23N5O2S/c1-12-17(13(2)23-22-12)11-24(3)10-14-6-7-16(19(26)21-14)18(25)20-9-15-5-4-8-27-15/h4-8H,9-11H2,1-3H3,(H,20,25)(H,21,26)(H,22,23).